The zero-order valence-corrected chi connectivity index (χ0v) is 11.4. The van der Waals surface area contributed by atoms with Gasteiger partial charge in [0.2, 0.25) is 0 Å². The summed E-state index contributed by atoms with van der Waals surface area (Å²) < 4.78 is 0. The summed E-state index contributed by atoms with van der Waals surface area (Å²) in [5, 5.41) is 4.09. The lowest BCUT2D eigenvalue weighted by Gasteiger charge is -2.25. The van der Waals surface area contributed by atoms with Crippen LogP contribution in [0.4, 0.5) is 0 Å². The average Bonchev–Trinajstić information content (AvgIpc) is 2.34. The van der Waals surface area contributed by atoms with Gasteiger partial charge in [-0.15, -0.1) is 6.58 Å². The zero-order valence-electron chi connectivity index (χ0n) is 10.6. The molecule has 17 heavy (non-hydrogen) atoms. The first-order valence-electron chi connectivity index (χ1n) is 5.92. The van der Waals surface area contributed by atoms with Crippen LogP contribution in [0.2, 0.25) is 5.02 Å². The van der Waals surface area contributed by atoms with Gasteiger partial charge < -0.3 is 5.32 Å². The van der Waals surface area contributed by atoms with E-state index in [0.717, 1.165) is 24.7 Å². The highest BCUT2D eigenvalue weighted by Crippen LogP contribution is 2.20. The molecule has 1 atom stereocenters. The maximum atomic E-state index is 5.88. The number of hydrogen-bond donors (Lipinski definition) is 1. The van der Waals surface area contributed by atoms with E-state index < -0.39 is 0 Å². The highest BCUT2D eigenvalue weighted by Gasteiger charge is 2.10. The maximum absolute atomic E-state index is 5.88. The van der Waals surface area contributed by atoms with Crippen LogP contribution < -0.4 is 5.32 Å². The number of rotatable bonds is 7. The lowest BCUT2D eigenvalue weighted by Crippen LogP contribution is -2.31. The summed E-state index contributed by atoms with van der Waals surface area (Å²) >= 11 is 5.88. The van der Waals surface area contributed by atoms with Gasteiger partial charge in [0.15, 0.2) is 0 Å². The van der Waals surface area contributed by atoms with E-state index in [9.17, 15) is 0 Å². The van der Waals surface area contributed by atoms with Crippen LogP contribution >= 0.6 is 11.6 Å². The Morgan fingerprint density at radius 1 is 1.41 bits per heavy atom. The van der Waals surface area contributed by atoms with Gasteiger partial charge in [0.25, 0.3) is 0 Å². The Bertz CT molecular complexity index is 335. The number of halogens is 1. The normalized spacial score (nSPS) is 12.7. The molecule has 94 valence electrons. The number of benzene rings is 1. The second-order valence-corrected chi connectivity index (χ2v) is 4.64. The largest absolute Gasteiger partial charge is 0.312 e. The van der Waals surface area contributed by atoms with Crippen LogP contribution in [0.1, 0.15) is 18.5 Å². The number of hydrogen-bond acceptors (Lipinski definition) is 2. The first kappa shape index (κ1) is 14.2. The maximum Gasteiger partial charge on any atom is 0.0406 e. The van der Waals surface area contributed by atoms with Crippen LogP contribution in [-0.4, -0.2) is 31.6 Å². The van der Waals surface area contributed by atoms with Gasteiger partial charge in [-0.05, 0) is 31.7 Å². The predicted octanol–water partition coefficient (Wildman–Crippen LogP) is 3.11. The molecule has 2 nitrogen and oxygen atoms in total. The van der Waals surface area contributed by atoms with Gasteiger partial charge in [-0.3, -0.25) is 4.90 Å². The third-order valence-corrected chi connectivity index (χ3v) is 3.20. The summed E-state index contributed by atoms with van der Waals surface area (Å²) in [5.74, 6) is 0. The molecule has 0 aromatic heterocycles. The molecule has 0 saturated carbocycles. The van der Waals surface area contributed by atoms with Gasteiger partial charge in [-0.1, -0.05) is 29.8 Å². The molecule has 0 aliphatic heterocycles. The Morgan fingerprint density at radius 2 is 2.06 bits per heavy atom. The third-order valence-electron chi connectivity index (χ3n) is 2.94. The Labute approximate surface area is 109 Å². The lowest BCUT2D eigenvalue weighted by atomic mass is 10.1. The molecule has 0 fully saturated rings. The van der Waals surface area contributed by atoms with Gasteiger partial charge in [-0.25, -0.2) is 0 Å². The molecule has 0 saturated heterocycles. The van der Waals surface area contributed by atoms with Gasteiger partial charge >= 0.3 is 0 Å². The Hall–Kier alpha value is -0.830. The van der Waals surface area contributed by atoms with Crippen molar-refractivity contribution in [2.75, 3.05) is 26.7 Å². The molecule has 1 aromatic rings. The summed E-state index contributed by atoms with van der Waals surface area (Å²) in [6.07, 6.45) is 1.88. The van der Waals surface area contributed by atoms with Crippen molar-refractivity contribution < 1.29 is 0 Å². The van der Waals surface area contributed by atoms with Crippen LogP contribution in [0.3, 0.4) is 0 Å². The van der Waals surface area contributed by atoms with E-state index in [4.69, 9.17) is 11.6 Å². The van der Waals surface area contributed by atoms with Crippen molar-refractivity contribution in [3.05, 3.63) is 47.5 Å². The van der Waals surface area contributed by atoms with Crippen molar-refractivity contribution in [3.8, 4) is 0 Å². The third kappa shape index (κ3) is 4.90. The molecule has 0 aliphatic rings. The second kappa shape index (κ2) is 7.49. The van der Waals surface area contributed by atoms with Crippen LogP contribution in [-0.2, 0) is 0 Å². The monoisotopic (exact) mass is 252 g/mol. The van der Waals surface area contributed by atoms with Crippen molar-refractivity contribution in [1.82, 2.24) is 10.2 Å². The SMILES string of the molecule is C=CCNCCN(C)C(C)c1ccc(Cl)cc1. The minimum Gasteiger partial charge on any atom is -0.312 e. The van der Waals surface area contributed by atoms with Crippen molar-refractivity contribution in [3.63, 3.8) is 0 Å². The molecule has 1 N–H and O–H groups in total. The van der Waals surface area contributed by atoms with E-state index in [0.29, 0.717) is 6.04 Å². The molecular weight excluding hydrogens is 232 g/mol. The summed E-state index contributed by atoms with van der Waals surface area (Å²) in [6, 6.07) is 8.45. The number of likely N-dealkylation sites (N-methyl/N-ethyl adjacent to an activating group) is 1. The fourth-order valence-corrected chi connectivity index (χ4v) is 1.77. The first-order chi connectivity index (χ1) is 8.15. The van der Waals surface area contributed by atoms with E-state index in [1.807, 2.05) is 18.2 Å². The molecule has 1 rings (SSSR count). The second-order valence-electron chi connectivity index (χ2n) is 4.20. The van der Waals surface area contributed by atoms with E-state index >= 15 is 0 Å². The fraction of sp³-hybridized carbons (Fsp3) is 0.429. The Morgan fingerprint density at radius 3 is 2.65 bits per heavy atom. The van der Waals surface area contributed by atoms with Crippen molar-refractivity contribution in [2.24, 2.45) is 0 Å². The van der Waals surface area contributed by atoms with Crippen molar-refractivity contribution in [2.45, 2.75) is 13.0 Å². The number of nitrogens with one attached hydrogen (secondary N) is 1. The Balaban J connectivity index is 2.42. The predicted molar refractivity (Wildman–Crippen MR) is 75.6 cm³/mol. The molecule has 1 aromatic carbocycles. The van der Waals surface area contributed by atoms with Crippen LogP contribution in [0.15, 0.2) is 36.9 Å². The average molecular weight is 253 g/mol. The van der Waals surface area contributed by atoms with E-state index in [-0.39, 0.29) is 0 Å². The summed E-state index contributed by atoms with van der Waals surface area (Å²) in [7, 11) is 2.13. The number of nitrogens with zero attached hydrogens (tertiary/aromatic N) is 1. The minimum atomic E-state index is 0.401. The van der Waals surface area contributed by atoms with Crippen LogP contribution in [0.25, 0.3) is 0 Å². The molecular formula is C14H21ClN2. The fourth-order valence-electron chi connectivity index (χ4n) is 1.65. The Kier molecular flexibility index (Phi) is 6.27. The molecule has 0 aliphatic carbocycles. The van der Waals surface area contributed by atoms with Crippen LogP contribution in [0, 0.1) is 0 Å². The molecule has 0 bridgehead atoms. The molecule has 1 unspecified atom stereocenters. The quantitative estimate of drug-likeness (QED) is 0.593. The summed E-state index contributed by atoms with van der Waals surface area (Å²) in [4.78, 5) is 2.32. The minimum absolute atomic E-state index is 0.401. The van der Waals surface area contributed by atoms with Gasteiger partial charge in [0, 0.05) is 30.7 Å². The summed E-state index contributed by atoms with van der Waals surface area (Å²) in [5.41, 5.74) is 1.29. The molecule has 0 heterocycles. The first-order valence-corrected chi connectivity index (χ1v) is 6.30. The van der Waals surface area contributed by atoms with E-state index in [1.165, 1.54) is 5.56 Å². The molecule has 0 spiro atoms. The molecule has 0 radical (unpaired) electrons. The standard InChI is InChI=1S/C14H21ClN2/c1-4-9-16-10-11-17(3)12(2)13-5-7-14(15)8-6-13/h4-8,12,16H,1,9-11H2,2-3H3. The zero-order chi connectivity index (χ0) is 12.7. The van der Waals surface area contributed by atoms with Gasteiger partial charge in [0.05, 0.1) is 0 Å². The van der Waals surface area contributed by atoms with E-state index in [1.54, 1.807) is 0 Å². The van der Waals surface area contributed by atoms with Crippen LogP contribution in [0.5, 0.6) is 0 Å². The highest BCUT2D eigenvalue weighted by atomic mass is 35.5. The topological polar surface area (TPSA) is 15.3 Å². The van der Waals surface area contributed by atoms with E-state index in [2.05, 4.69) is 42.9 Å². The highest BCUT2D eigenvalue weighted by molar-refractivity contribution is 6.30. The van der Waals surface area contributed by atoms with Gasteiger partial charge in [0.1, 0.15) is 0 Å². The summed E-state index contributed by atoms with van der Waals surface area (Å²) in [6.45, 7) is 8.73. The molecule has 0 amide bonds. The van der Waals surface area contributed by atoms with Crippen molar-refractivity contribution >= 4 is 11.6 Å². The smallest absolute Gasteiger partial charge is 0.0406 e. The van der Waals surface area contributed by atoms with Gasteiger partial charge in [-0.2, -0.15) is 0 Å². The lowest BCUT2D eigenvalue weighted by molar-refractivity contribution is 0.262. The van der Waals surface area contributed by atoms with Crippen molar-refractivity contribution in [1.29, 1.82) is 0 Å². The molecule has 3 heteroatoms.